The molecule has 0 saturated heterocycles. The molecular weight excluding hydrogens is 390 g/mol. The first-order valence-corrected chi connectivity index (χ1v) is 8.47. The molecule has 0 bridgehead atoms. The van der Waals surface area contributed by atoms with Crippen LogP contribution in [-0.4, -0.2) is 40.3 Å². The zero-order valence-electron chi connectivity index (χ0n) is 14.6. The van der Waals surface area contributed by atoms with E-state index >= 15 is 0 Å². The number of carbonyl (C=O) groups excluding carboxylic acids is 1. The molecule has 0 unspecified atom stereocenters. The van der Waals surface area contributed by atoms with Crippen LogP contribution >= 0.6 is 15.9 Å². The summed E-state index contributed by atoms with van der Waals surface area (Å²) in [6, 6.07) is 3.62. The first-order chi connectivity index (χ1) is 11.8. The summed E-state index contributed by atoms with van der Waals surface area (Å²) in [6.45, 7) is 6.17. The number of halogens is 1. The van der Waals surface area contributed by atoms with Crippen molar-refractivity contribution in [3.63, 3.8) is 0 Å². The molecule has 1 aromatic heterocycles. The standard InChI is InChI=1S/C16H22BrN5O3/c1-16(2,3)21-14(23)8-25-13-6-11(17)10(5-12(13)24-4)7-18-15-19-9-20-22-15/h5-6,9H,7-8H2,1-4H3,(H,21,23)(H2,18,19,20,22). The number of hydrogen-bond acceptors (Lipinski definition) is 6. The molecule has 0 aliphatic heterocycles. The smallest absolute Gasteiger partial charge is 0.258 e. The lowest BCUT2D eigenvalue weighted by atomic mass is 10.1. The molecule has 2 aromatic rings. The van der Waals surface area contributed by atoms with Gasteiger partial charge in [-0.15, -0.1) is 0 Å². The van der Waals surface area contributed by atoms with Crippen molar-refractivity contribution in [2.45, 2.75) is 32.9 Å². The third-order valence-electron chi connectivity index (χ3n) is 3.07. The van der Waals surface area contributed by atoms with Gasteiger partial charge in [0, 0.05) is 16.6 Å². The lowest BCUT2D eigenvalue weighted by Crippen LogP contribution is -2.43. The molecule has 0 aliphatic carbocycles. The fourth-order valence-corrected chi connectivity index (χ4v) is 2.51. The first-order valence-electron chi connectivity index (χ1n) is 7.68. The van der Waals surface area contributed by atoms with Gasteiger partial charge < -0.3 is 20.1 Å². The molecule has 0 aliphatic rings. The van der Waals surface area contributed by atoms with E-state index in [9.17, 15) is 4.79 Å². The second kappa shape index (κ2) is 8.19. The molecule has 9 heteroatoms. The summed E-state index contributed by atoms with van der Waals surface area (Å²) in [5, 5.41) is 12.5. The summed E-state index contributed by atoms with van der Waals surface area (Å²) in [5.41, 5.74) is 0.640. The van der Waals surface area contributed by atoms with E-state index in [0.717, 1.165) is 10.0 Å². The van der Waals surface area contributed by atoms with Gasteiger partial charge in [0.1, 0.15) is 6.33 Å². The normalized spacial score (nSPS) is 11.1. The van der Waals surface area contributed by atoms with E-state index in [1.54, 1.807) is 13.2 Å². The van der Waals surface area contributed by atoms with Crippen molar-refractivity contribution in [3.8, 4) is 11.5 Å². The van der Waals surface area contributed by atoms with Gasteiger partial charge in [-0.25, -0.2) is 10.1 Å². The predicted octanol–water partition coefficient (Wildman–Crippen LogP) is 2.48. The van der Waals surface area contributed by atoms with Gasteiger partial charge in [0.15, 0.2) is 18.1 Å². The highest BCUT2D eigenvalue weighted by atomic mass is 79.9. The van der Waals surface area contributed by atoms with E-state index in [1.807, 2.05) is 26.8 Å². The Balaban J connectivity index is 2.04. The predicted molar refractivity (Wildman–Crippen MR) is 97.8 cm³/mol. The second-order valence-electron chi connectivity index (χ2n) is 6.37. The number of hydrogen-bond donors (Lipinski definition) is 3. The van der Waals surface area contributed by atoms with Crippen LogP contribution in [0.4, 0.5) is 5.95 Å². The van der Waals surface area contributed by atoms with Crippen molar-refractivity contribution in [2.24, 2.45) is 0 Å². The van der Waals surface area contributed by atoms with Crippen LogP contribution in [0.2, 0.25) is 0 Å². The number of amides is 1. The third-order valence-corrected chi connectivity index (χ3v) is 3.81. The Morgan fingerprint density at radius 3 is 2.68 bits per heavy atom. The van der Waals surface area contributed by atoms with Crippen molar-refractivity contribution in [1.29, 1.82) is 0 Å². The molecule has 0 saturated carbocycles. The van der Waals surface area contributed by atoms with E-state index in [4.69, 9.17) is 9.47 Å². The van der Waals surface area contributed by atoms with Crippen LogP contribution in [0.1, 0.15) is 26.3 Å². The minimum atomic E-state index is -0.304. The fourth-order valence-electron chi connectivity index (χ4n) is 2.05. The van der Waals surface area contributed by atoms with E-state index < -0.39 is 0 Å². The molecule has 25 heavy (non-hydrogen) atoms. The highest BCUT2D eigenvalue weighted by molar-refractivity contribution is 9.10. The molecule has 1 aromatic carbocycles. The molecular formula is C16H22BrN5O3. The first kappa shape index (κ1) is 19.0. The van der Waals surface area contributed by atoms with Crippen LogP contribution in [0.15, 0.2) is 22.9 Å². The summed E-state index contributed by atoms with van der Waals surface area (Å²) in [4.78, 5) is 15.9. The molecule has 0 fully saturated rings. The van der Waals surface area contributed by atoms with E-state index in [1.165, 1.54) is 6.33 Å². The number of H-pyrrole nitrogens is 1. The SMILES string of the molecule is COc1cc(CNc2ncn[nH]2)c(Br)cc1OCC(=O)NC(C)(C)C. The van der Waals surface area contributed by atoms with E-state index in [0.29, 0.717) is 24.0 Å². The van der Waals surface area contributed by atoms with Crippen LogP contribution in [-0.2, 0) is 11.3 Å². The second-order valence-corrected chi connectivity index (χ2v) is 7.22. The van der Waals surface area contributed by atoms with Crippen molar-refractivity contribution in [2.75, 3.05) is 19.0 Å². The van der Waals surface area contributed by atoms with E-state index in [-0.39, 0.29) is 18.1 Å². The number of rotatable bonds is 7. The van der Waals surface area contributed by atoms with Crippen molar-refractivity contribution < 1.29 is 14.3 Å². The van der Waals surface area contributed by atoms with Gasteiger partial charge >= 0.3 is 0 Å². The molecule has 1 heterocycles. The molecule has 3 N–H and O–H groups in total. The van der Waals surface area contributed by atoms with Gasteiger partial charge in [0.05, 0.1) is 7.11 Å². The van der Waals surface area contributed by atoms with E-state index in [2.05, 4.69) is 41.7 Å². The van der Waals surface area contributed by atoms with Crippen molar-refractivity contribution in [1.82, 2.24) is 20.5 Å². The van der Waals surface area contributed by atoms with Gasteiger partial charge in [-0.2, -0.15) is 5.10 Å². The lowest BCUT2D eigenvalue weighted by Gasteiger charge is -2.21. The maximum atomic E-state index is 11.9. The lowest BCUT2D eigenvalue weighted by molar-refractivity contribution is -0.124. The Labute approximate surface area is 154 Å². The summed E-state index contributed by atoms with van der Waals surface area (Å²) >= 11 is 3.51. The highest BCUT2D eigenvalue weighted by Gasteiger charge is 2.16. The number of carbonyl (C=O) groups is 1. The van der Waals surface area contributed by atoms with Crippen molar-refractivity contribution in [3.05, 3.63) is 28.5 Å². The van der Waals surface area contributed by atoms with Gasteiger partial charge in [-0.05, 0) is 38.5 Å². The van der Waals surface area contributed by atoms with Crippen LogP contribution in [0.3, 0.4) is 0 Å². The monoisotopic (exact) mass is 411 g/mol. The molecule has 2 rings (SSSR count). The van der Waals surface area contributed by atoms with Crippen LogP contribution < -0.4 is 20.1 Å². The van der Waals surface area contributed by atoms with Gasteiger partial charge in [0.2, 0.25) is 5.95 Å². The summed E-state index contributed by atoms with van der Waals surface area (Å²) in [6.07, 6.45) is 1.43. The van der Waals surface area contributed by atoms with Crippen LogP contribution in [0, 0.1) is 0 Å². The summed E-state index contributed by atoms with van der Waals surface area (Å²) < 4.78 is 11.8. The molecule has 0 spiro atoms. The average molecular weight is 412 g/mol. The Morgan fingerprint density at radius 1 is 1.32 bits per heavy atom. The van der Waals surface area contributed by atoms with Crippen molar-refractivity contribution >= 4 is 27.8 Å². The van der Waals surface area contributed by atoms with Gasteiger partial charge in [-0.1, -0.05) is 15.9 Å². The molecule has 0 atom stereocenters. The quantitative estimate of drug-likeness (QED) is 0.646. The third kappa shape index (κ3) is 5.93. The Bertz CT molecular complexity index is 713. The minimum absolute atomic E-state index is 0.0876. The zero-order chi connectivity index (χ0) is 18.4. The van der Waals surface area contributed by atoms with Gasteiger partial charge in [0.25, 0.3) is 5.91 Å². The number of methoxy groups -OCH3 is 1. The highest BCUT2D eigenvalue weighted by Crippen LogP contribution is 2.33. The maximum absolute atomic E-state index is 11.9. The number of aromatic nitrogens is 3. The molecule has 1 amide bonds. The fraction of sp³-hybridized carbons (Fsp3) is 0.438. The Morgan fingerprint density at radius 2 is 2.08 bits per heavy atom. The zero-order valence-corrected chi connectivity index (χ0v) is 16.2. The summed E-state index contributed by atoms with van der Waals surface area (Å²) in [5.74, 6) is 1.41. The number of aromatic amines is 1. The summed E-state index contributed by atoms with van der Waals surface area (Å²) in [7, 11) is 1.55. The minimum Gasteiger partial charge on any atom is -0.493 e. The number of nitrogens with one attached hydrogen (secondary N) is 3. The largest absolute Gasteiger partial charge is 0.493 e. The average Bonchev–Trinajstić information content (AvgIpc) is 3.03. The molecule has 136 valence electrons. The van der Waals surface area contributed by atoms with Crippen LogP contribution in [0.5, 0.6) is 11.5 Å². The van der Waals surface area contributed by atoms with Crippen LogP contribution in [0.25, 0.3) is 0 Å². The number of ether oxygens (including phenoxy) is 2. The Kier molecular flexibility index (Phi) is 6.24. The number of nitrogens with zero attached hydrogens (tertiary/aromatic N) is 2. The molecule has 8 nitrogen and oxygen atoms in total. The molecule has 0 radical (unpaired) electrons. The maximum Gasteiger partial charge on any atom is 0.258 e. The Hall–Kier alpha value is -2.29. The number of benzene rings is 1. The number of anilines is 1. The van der Waals surface area contributed by atoms with Gasteiger partial charge in [-0.3, -0.25) is 4.79 Å². The topological polar surface area (TPSA) is 101 Å².